The third-order valence-corrected chi connectivity index (χ3v) is 4.18. The first kappa shape index (κ1) is 19.0. The van der Waals surface area contributed by atoms with E-state index in [2.05, 4.69) is 27.0 Å². The Bertz CT molecular complexity index is 822. The molecule has 2 rings (SSSR count). The Kier molecular flexibility index (Phi) is 6.60. The number of hydrogen-bond acceptors (Lipinski definition) is 5. The van der Waals surface area contributed by atoms with Crippen LogP contribution in [0.5, 0.6) is 5.75 Å². The molecule has 132 valence electrons. The monoisotopic (exact) mass is 382 g/mol. The molecule has 25 heavy (non-hydrogen) atoms. The van der Waals surface area contributed by atoms with Crippen LogP contribution >= 0.6 is 23.4 Å². The number of thioether (sulfide) groups is 1. The van der Waals surface area contributed by atoms with Crippen molar-refractivity contribution in [1.82, 2.24) is 9.97 Å². The first-order valence-electron chi connectivity index (χ1n) is 7.09. The number of halogens is 2. The Balaban J connectivity index is 1.95. The maximum absolute atomic E-state index is 13.6. The Morgan fingerprint density at radius 1 is 1.60 bits per heavy atom. The van der Waals surface area contributed by atoms with Gasteiger partial charge in [0.15, 0.2) is 16.7 Å². The van der Waals surface area contributed by atoms with Crippen molar-refractivity contribution in [3.63, 3.8) is 0 Å². The highest BCUT2D eigenvalue weighted by Crippen LogP contribution is 2.22. The largest absolute Gasteiger partial charge is 0.494 e. The number of ether oxygens (including phenoxy) is 1. The first-order chi connectivity index (χ1) is 11.9. The molecule has 1 amide bonds. The highest BCUT2D eigenvalue weighted by Gasteiger charge is 2.10. The number of benzene rings is 1. The molecule has 0 fully saturated rings. The van der Waals surface area contributed by atoms with Crippen molar-refractivity contribution in [3.05, 3.63) is 40.6 Å². The molecule has 0 spiro atoms. The van der Waals surface area contributed by atoms with E-state index in [4.69, 9.17) is 16.3 Å². The van der Waals surface area contributed by atoms with Gasteiger partial charge in [-0.3, -0.25) is 9.79 Å². The van der Waals surface area contributed by atoms with Crippen LogP contribution in [-0.2, 0) is 4.79 Å². The normalized spacial score (nSPS) is 11.3. The Morgan fingerprint density at radius 2 is 2.36 bits per heavy atom. The SMILES string of the molecule is C=N/C(Cl)=C\c1nc(SCC(=O)Nc2ccc(OC)c(F)c2)[nH]c1C. The fraction of sp³-hybridized carbons (Fsp3) is 0.188. The number of methoxy groups -OCH3 is 1. The summed E-state index contributed by atoms with van der Waals surface area (Å²) in [5.41, 5.74) is 1.77. The number of anilines is 1. The number of amides is 1. The first-order valence-corrected chi connectivity index (χ1v) is 8.46. The van der Waals surface area contributed by atoms with Gasteiger partial charge in [0.2, 0.25) is 5.91 Å². The van der Waals surface area contributed by atoms with Crippen LogP contribution in [-0.4, -0.2) is 35.5 Å². The van der Waals surface area contributed by atoms with E-state index in [9.17, 15) is 9.18 Å². The number of rotatable bonds is 7. The summed E-state index contributed by atoms with van der Waals surface area (Å²) >= 11 is 7.01. The fourth-order valence-electron chi connectivity index (χ4n) is 1.89. The number of carbonyl (C=O) groups excluding carboxylic acids is 1. The van der Waals surface area contributed by atoms with E-state index in [1.54, 1.807) is 12.1 Å². The van der Waals surface area contributed by atoms with Crippen LogP contribution in [0.1, 0.15) is 11.4 Å². The van der Waals surface area contributed by atoms with Gasteiger partial charge in [0.05, 0.1) is 18.6 Å². The summed E-state index contributed by atoms with van der Waals surface area (Å²) in [5.74, 6) is -0.603. The molecule has 0 bridgehead atoms. The predicted octanol–water partition coefficient (Wildman–Crippen LogP) is 3.83. The molecule has 6 nitrogen and oxygen atoms in total. The topological polar surface area (TPSA) is 79.4 Å². The van der Waals surface area contributed by atoms with E-state index in [1.165, 1.54) is 31.0 Å². The number of hydrogen-bond donors (Lipinski definition) is 2. The standard InChI is InChI=1S/C16H16ClFN4O2S/c1-9-12(7-14(17)19-2)22-16(20-9)25-8-15(23)21-10-4-5-13(24-3)11(18)6-10/h4-7H,2,8H2,1,3H3,(H,20,22)(H,21,23)/b14-7-. The van der Waals surface area contributed by atoms with Crippen molar-refractivity contribution in [2.45, 2.75) is 12.1 Å². The molecule has 0 aliphatic rings. The number of nitrogens with one attached hydrogen (secondary N) is 2. The van der Waals surface area contributed by atoms with Crippen molar-refractivity contribution in [2.24, 2.45) is 4.99 Å². The lowest BCUT2D eigenvalue weighted by Crippen LogP contribution is -2.14. The van der Waals surface area contributed by atoms with Crippen LogP contribution < -0.4 is 10.1 Å². The zero-order valence-corrected chi connectivity index (χ0v) is 15.2. The molecule has 2 aromatic rings. The van der Waals surface area contributed by atoms with Crippen LogP contribution in [0, 0.1) is 12.7 Å². The molecular weight excluding hydrogens is 367 g/mol. The quantitative estimate of drug-likeness (QED) is 0.433. The number of aliphatic imine (C=N–C) groups is 1. The van der Waals surface area contributed by atoms with Crippen molar-refractivity contribution in [1.29, 1.82) is 0 Å². The number of aromatic nitrogens is 2. The summed E-state index contributed by atoms with van der Waals surface area (Å²) in [5, 5.41) is 3.40. The van der Waals surface area contributed by atoms with Crippen molar-refractivity contribution >= 4 is 47.8 Å². The lowest BCUT2D eigenvalue weighted by molar-refractivity contribution is -0.113. The average Bonchev–Trinajstić information content (AvgIpc) is 2.93. The lowest BCUT2D eigenvalue weighted by atomic mass is 10.3. The minimum absolute atomic E-state index is 0.108. The maximum atomic E-state index is 13.6. The predicted molar refractivity (Wildman–Crippen MR) is 99.0 cm³/mol. The second-order valence-electron chi connectivity index (χ2n) is 4.86. The van der Waals surface area contributed by atoms with Gasteiger partial charge >= 0.3 is 0 Å². The summed E-state index contributed by atoms with van der Waals surface area (Å²) in [4.78, 5) is 22.9. The smallest absolute Gasteiger partial charge is 0.234 e. The number of H-pyrrole nitrogens is 1. The third kappa shape index (κ3) is 5.33. The number of nitrogens with zero attached hydrogens (tertiary/aromatic N) is 2. The zero-order valence-electron chi connectivity index (χ0n) is 13.6. The van der Waals surface area contributed by atoms with Gasteiger partial charge in [-0.05, 0) is 25.8 Å². The van der Waals surface area contributed by atoms with Crippen molar-refractivity contribution < 1.29 is 13.9 Å². The summed E-state index contributed by atoms with van der Waals surface area (Å²) in [6, 6.07) is 4.21. The molecule has 0 unspecified atom stereocenters. The van der Waals surface area contributed by atoms with Gasteiger partial charge in [-0.25, -0.2) is 9.37 Å². The molecule has 2 N–H and O–H groups in total. The Morgan fingerprint density at radius 3 is 3.00 bits per heavy atom. The molecule has 0 radical (unpaired) electrons. The van der Waals surface area contributed by atoms with Crippen molar-refractivity contribution in [2.75, 3.05) is 18.2 Å². The molecule has 0 aliphatic carbocycles. The molecule has 0 aliphatic heterocycles. The zero-order chi connectivity index (χ0) is 18.4. The van der Waals surface area contributed by atoms with Gasteiger partial charge in [-0.2, -0.15) is 0 Å². The van der Waals surface area contributed by atoms with Gasteiger partial charge in [-0.1, -0.05) is 23.4 Å². The number of imidazole rings is 1. The second-order valence-corrected chi connectivity index (χ2v) is 6.21. The van der Waals surface area contributed by atoms with Gasteiger partial charge in [0.25, 0.3) is 0 Å². The average molecular weight is 383 g/mol. The number of carbonyl (C=O) groups is 1. The van der Waals surface area contributed by atoms with Crippen LogP contribution in [0.15, 0.2) is 33.5 Å². The molecule has 0 atom stereocenters. The van der Waals surface area contributed by atoms with E-state index in [0.717, 1.165) is 5.69 Å². The molecule has 0 saturated carbocycles. The molecular formula is C16H16ClFN4O2S. The minimum Gasteiger partial charge on any atom is -0.494 e. The molecule has 1 aromatic heterocycles. The lowest BCUT2D eigenvalue weighted by Gasteiger charge is -2.06. The summed E-state index contributed by atoms with van der Waals surface area (Å²) in [6.07, 6.45) is 1.57. The summed E-state index contributed by atoms with van der Waals surface area (Å²) in [7, 11) is 1.38. The molecule has 1 aromatic carbocycles. The van der Waals surface area contributed by atoms with Gasteiger partial charge in [0, 0.05) is 23.5 Å². The van der Waals surface area contributed by atoms with Gasteiger partial charge in [-0.15, -0.1) is 0 Å². The van der Waals surface area contributed by atoms with Crippen LogP contribution in [0.3, 0.4) is 0 Å². The Hall–Kier alpha value is -2.32. The summed E-state index contributed by atoms with van der Waals surface area (Å²) < 4.78 is 18.4. The fourth-order valence-corrected chi connectivity index (χ4v) is 2.72. The molecule has 9 heteroatoms. The third-order valence-electron chi connectivity index (χ3n) is 3.08. The Labute approximate surface area is 153 Å². The van der Waals surface area contributed by atoms with Gasteiger partial charge in [0.1, 0.15) is 5.16 Å². The molecule has 0 saturated heterocycles. The number of aromatic amines is 1. The highest BCUT2D eigenvalue weighted by molar-refractivity contribution is 7.99. The van der Waals surface area contributed by atoms with E-state index in [0.29, 0.717) is 16.5 Å². The van der Waals surface area contributed by atoms with Crippen LogP contribution in [0.2, 0.25) is 0 Å². The van der Waals surface area contributed by atoms with E-state index in [1.807, 2.05) is 6.92 Å². The minimum atomic E-state index is -0.543. The van der Waals surface area contributed by atoms with E-state index < -0.39 is 5.82 Å². The molecule has 1 heterocycles. The van der Waals surface area contributed by atoms with Crippen molar-refractivity contribution in [3.8, 4) is 5.75 Å². The highest BCUT2D eigenvalue weighted by atomic mass is 35.5. The van der Waals surface area contributed by atoms with Crippen LogP contribution in [0.25, 0.3) is 6.08 Å². The van der Waals surface area contributed by atoms with E-state index >= 15 is 0 Å². The van der Waals surface area contributed by atoms with Gasteiger partial charge < -0.3 is 15.0 Å². The number of aryl methyl sites for hydroxylation is 1. The maximum Gasteiger partial charge on any atom is 0.234 e. The van der Waals surface area contributed by atoms with Crippen LogP contribution in [0.4, 0.5) is 10.1 Å². The van der Waals surface area contributed by atoms with E-state index in [-0.39, 0.29) is 22.6 Å². The summed E-state index contributed by atoms with van der Waals surface area (Å²) in [6.45, 7) is 5.16. The second kappa shape index (κ2) is 8.68.